The summed E-state index contributed by atoms with van der Waals surface area (Å²) in [5.41, 5.74) is 9.33. The van der Waals surface area contributed by atoms with Crippen LogP contribution in [0.5, 0.6) is 0 Å². The van der Waals surface area contributed by atoms with E-state index in [2.05, 4.69) is 27.2 Å². The van der Waals surface area contributed by atoms with Crippen LogP contribution in [-0.4, -0.2) is 18.4 Å². The third-order valence-corrected chi connectivity index (χ3v) is 2.18. The molecule has 6 heteroatoms. The molecule has 0 saturated carbocycles. The van der Waals surface area contributed by atoms with E-state index in [-0.39, 0.29) is 6.54 Å². The van der Waals surface area contributed by atoms with Crippen LogP contribution in [0.1, 0.15) is 26.3 Å². The number of hydrogen-bond acceptors (Lipinski definition) is 3. The number of carbonyl (C=O) groups excluding carboxylic acids is 2. The van der Waals surface area contributed by atoms with Crippen LogP contribution in [0.3, 0.4) is 0 Å². The maximum absolute atomic E-state index is 11.4. The van der Waals surface area contributed by atoms with Crippen molar-refractivity contribution in [2.24, 2.45) is 5.11 Å². The summed E-state index contributed by atoms with van der Waals surface area (Å²) in [6.07, 6.45) is 0. The molecule has 1 heterocycles. The second-order valence-electron chi connectivity index (χ2n) is 3.23. The highest BCUT2D eigenvalue weighted by molar-refractivity contribution is 6.21. The molecule has 1 aromatic carbocycles. The largest absolute Gasteiger partial charge is 0.288 e. The lowest BCUT2D eigenvalue weighted by Gasteiger charge is -1.94. The van der Waals surface area contributed by atoms with E-state index in [9.17, 15) is 9.59 Å². The molecule has 0 radical (unpaired) electrons. The number of fused-ring (bicyclic) bond motifs is 1. The van der Waals surface area contributed by atoms with E-state index in [1.807, 2.05) is 0 Å². The number of nitrogens with one attached hydrogen (secondary N) is 1. The minimum atomic E-state index is -0.413. The van der Waals surface area contributed by atoms with Crippen molar-refractivity contribution < 1.29 is 9.59 Å². The first-order valence-electron chi connectivity index (χ1n) is 4.72. The van der Waals surface area contributed by atoms with Crippen LogP contribution in [0.25, 0.3) is 10.4 Å². The topological polar surface area (TPSA) is 94.9 Å². The van der Waals surface area contributed by atoms with Gasteiger partial charge in [-0.15, -0.1) is 0 Å². The average Bonchev–Trinajstić information content (AvgIpc) is 2.61. The molecule has 0 atom stereocenters. The van der Waals surface area contributed by atoms with Crippen molar-refractivity contribution in [3.63, 3.8) is 0 Å². The van der Waals surface area contributed by atoms with Crippen LogP contribution in [-0.2, 0) is 0 Å². The van der Waals surface area contributed by atoms with E-state index in [1.54, 1.807) is 18.2 Å². The quantitative estimate of drug-likeness (QED) is 0.256. The van der Waals surface area contributed by atoms with Gasteiger partial charge in [0.05, 0.1) is 17.7 Å². The normalized spacial score (nSPS) is 12.0. The van der Waals surface area contributed by atoms with Crippen molar-refractivity contribution in [2.45, 2.75) is 0 Å². The predicted molar refractivity (Wildman–Crippen MR) is 59.1 cm³/mol. The fraction of sp³-hybridized carbons (Fsp3) is 0.0909. The fourth-order valence-electron chi connectivity index (χ4n) is 1.45. The standard InChI is InChI=1S/C11H6N4O2/c12-15-13-5-1-2-7-3-4-8-9(6-7)11(17)14-10(8)16/h3-4,6H,5H2,(H,14,16,17). The Hall–Kier alpha value is -2.77. The molecule has 0 bridgehead atoms. The number of amides is 2. The SMILES string of the molecule is [N-]=[N+]=NCC#Cc1ccc2c(c1)C(=O)NC2=O. The molecule has 1 N–H and O–H groups in total. The maximum Gasteiger partial charge on any atom is 0.258 e. The molecule has 0 aliphatic carbocycles. The Balaban J connectivity index is 2.30. The fourth-order valence-corrected chi connectivity index (χ4v) is 1.45. The lowest BCUT2D eigenvalue weighted by molar-refractivity contribution is 0.0879. The summed E-state index contributed by atoms with van der Waals surface area (Å²) in [5.74, 6) is 4.57. The summed E-state index contributed by atoms with van der Waals surface area (Å²) >= 11 is 0. The Kier molecular flexibility index (Phi) is 2.77. The lowest BCUT2D eigenvalue weighted by atomic mass is 10.1. The van der Waals surface area contributed by atoms with Crippen molar-refractivity contribution in [1.29, 1.82) is 0 Å². The lowest BCUT2D eigenvalue weighted by Crippen LogP contribution is -2.19. The Morgan fingerprint density at radius 3 is 2.82 bits per heavy atom. The van der Waals surface area contributed by atoms with E-state index in [1.165, 1.54) is 0 Å². The summed E-state index contributed by atoms with van der Waals surface area (Å²) in [5, 5.41) is 5.45. The van der Waals surface area contributed by atoms with Crippen LogP contribution >= 0.6 is 0 Å². The van der Waals surface area contributed by atoms with Crippen molar-refractivity contribution in [2.75, 3.05) is 6.54 Å². The van der Waals surface area contributed by atoms with Gasteiger partial charge < -0.3 is 0 Å². The first-order chi connectivity index (χ1) is 8.22. The molecule has 2 amide bonds. The molecule has 0 unspecified atom stereocenters. The zero-order valence-corrected chi connectivity index (χ0v) is 8.60. The van der Waals surface area contributed by atoms with E-state index < -0.39 is 11.8 Å². The molecular formula is C11H6N4O2. The highest BCUT2D eigenvalue weighted by atomic mass is 16.2. The monoisotopic (exact) mass is 226 g/mol. The van der Waals surface area contributed by atoms with E-state index >= 15 is 0 Å². The van der Waals surface area contributed by atoms with E-state index in [0.29, 0.717) is 16.7 Å². The van der Waals surface area contributed by atoms with Crippen LogP contribution in [0.15, 0.2) is 23.3 Å². The minimum Gasteiger partial charge on any atom is -0.288 e. The number of azide groups is 1. The Morgan fingerprint density at radius 1 is 1.29 bits per heavy atom. The second-order valence-corrected chi connectivity index (χ2v) is 3.23. The van der Waals surface area contributed by atoms with Crippen molar-refractivity contribution in [3.05, 3.63) is 45.3 Å². The zero-order chi connectivity index (χ0) is 12.3. The third-order valence-electron chi connectivity index (χ3n) is 2.18. The Labute approximate surface area is 96.3 Å². The minimum absolute atomic E-state index is 0.0682. The van der Waals surface area contributed by atoms with Gasteiger partial charge in [0.25, 0.3) is 11.8 Å². The summed E-state index contributed by atoms with van der Waals surface area (Å²) in [4.78, 5) is 25.2. The van der Waals surface area contributed by atoms with Gasteiger partial charge in [-0.05, 0) is 23.7 Å². The molecule has 1 aliphatic heterocycles. The summed E-state index contributed by atoms with van der Waals surface area (Å²) in [6.45, 7) is 0.0682. The molecule has 0 spiro atoms. The van der Waals surface area contributed by atoms with Gasteiger partial charge in [-0.1, -0.05) is 17.0 Å². The van der Waals surface area contributed by atoms with Crippen LogP contribution in [0, 0.1) is 11.8 Å². The highest BCUT2D eigenvalue weighted by Gasteiger charge is 2.26. The van der Waals surface area contributed by atoms with E-state index in [0.717, 1.165) is 0 Å². The molecule has 0 aromatic heterocycles. The first-order valence-corrected chi connectivity index (χ1v) is 4.72. The van der Waals surface area contributed by atoms with Gasteiger partial charge in [-0.2, -0.15) is 0 Å². The summed E-state index contributed by atoms with van der Waals surface area (Å²) in [6, 6.07) is 4.73. The molecule has 82 valence electrons. The molecule has 2 rings (SSSR count). The molecule has 0 fully saturated rings. The number of hydrogen-bond donors (Lipinski definition) is 1. The van der Waals surface area contributed by atoms with Gasteiger partial charge in [-0.25, -0.2) is 0 Å². The van der Waals surface area contributed by atoms with Gasteiger partial charge in [0, 0.05) is 10.5 Å². The number of benzene rings is 1. The predicted octanol–water partition coefficient (Wildman–Crippen LogP) is 1.23. The van der Waals surface area contributed by atoms with Gasteiger partial charge >= 0.3 is 0 Å². The Morgan fingerprint density at radius 2 is 2.06 bits per heavy atom. The third kappa shape index (κ3) is 2.09. The Bertz CT molecular complexity index is 618. The first kappa shape index (κ1) is 10.7. The number of imide groups is 1. The summed E-state index contributed by atoms with van der Waals surface area (Å²) in [7, 11) is 0. The van der Waals surface area contributed by atoms with Crippen molar-refractivity contribution in [3.8, 4) is 11.8 Å². The molecule has 0 saturated heterocycles. The molecule has 17 heavy (non-hydrogen) atoms. The van der Waals surface area contributed by atoms with Gasteiger partial charge in [0.15, 0.2) is 0 Å². The molecular weight excluding hydrogens is 220 g/mol. The second kappa shape index (κ2) is 4.39. The molecule has 6 nitrogen and oxygen atoms in total. The van der Waals surface area contributed by atoms with Gasteiger partial charge in [0.1, 0.15) is 0 Å². The molecule has 1 aliphatic rings. The van der Waals surface area contributed by atoms with Crippen molar-refractivity contribution >= 4 is 11.8 Å². The van der Waals surface area contributed by atoms with Gasteiger partial charge in [0.2, 0.25) is 0 Å². The maximum atomic E-state index is 11.4. The number of nitrogens with zero attached hydrogens (tertiary/aromatic N) is 3. The number of rotatable bonds is 1. The highest BCUT2D eigenvalue weighted by Crippen LogP contribution is 2.16. The average molecular weight is 226 g/mol. The van der Waals surface area contributed by atoms with Crippen molar-refractivity contribution in [1.82, 2.24) is 5.32 Å². The summed E-state index contributed by atoms with van der Waals surface area (Å²) < 4.78 is 0. The molecule has 1 aromatic rings. The van der Waals surface area contributed by atoms with Gasteiger partial charge in [-0.3, -0.25) is 14.9 Å². The number of carbonyl (C=O) groups is 2. The van der Waals surface area contributed by atoms with E-state index in [4.69, 9.17) is 5.53 Å². The smallest absolute Gasteiger partial charge is 0.258 e. The zero-order valence-electron chi connectivity index (χ0n) is 8.60. The van der Waals surface area contributed by atoms with Crippen LogP contribution in [0.2, 0.25) is 0 Å². The van der Waals surface area contributed by atoms with Crippen LogP contribution < -0.4 is 5.32 Å². The van der Waals surface area contributed by atoms with Crippen LogP contribution in [0.4, 0.5) is 0 Å².